The Morgan fingerprint density at radius 2 is 2.00 bits per heavy atom. The third-order valence-corrected chi connectivity index (χ3v) is 5.31. The summed E-state index contributed by atoms with van der Waals surface area (Å²) in [6, 6.07) is 16.4. The molecule has 0 radical (unpaired) electrons. The van der Waals surface area contributed by atoms with Gasteiger partial charge < -0.3 is 9.67 Å². The summed E-state index contributed by atoms with van der Waals surface area (Å²) in [6.07, 6.45) is 7.15. The summed E-state index contributed by atoms with van der Waals surface area (Å²) in [6.45, 7) is 2.19. The Bertz CT molecular complexity index is 1150. The first-order valence-electron chi connectivity index (χ1n) is 9.17. The maximum Gasteiger partial charge on any atom is 0.119 e. The van der Waals surface area contributed by atoms with Gasteiger partial charge in [-0.25, -0.2) is 4.68 Å². The average Bonchev–Trinajstić information content (AvgIpc) is 3.30. The van der Waals surface area contributed by atoms with Crippen molar-refractivity contribution >= 4 is 17.0 Å². The number of hydrogen-bond donors (Lipinski definition) is 1. The molecule has 1 N–H and O–H groups in total. The SMILES string of the molecule is CC1C=Cc2c(n(CO)c3ccc(-n4nncc4-c4ccccc4)cc23)C1. The van der Waals surface area contributed by atoms with Gasteiger partial charge in [0.2, 0.25) is 0 Å². The summed E-state index contributed by atoms with van der Waals surface area (Å²) in [5.41, 5.74) is 6.43. The van der Waals surface area contributed by atoms with Crippen LogP contribution in [0.3, 0.4) is 0 Å². The molecular formula is C22H20N4O. The lowest BCUT2D eigenvalue weighted by molar-refractivity contribution is 0.211. The Balaban J connectivity index is 1.70. The highest BCUT2D eigenvalue weighted by molar-refractivity contribution is 5.93. The standard InChI is InChI=1S/C22H20N4O/c1-15-7-9-18-19-12-17(8-10-20(19)25(14-27)21(18)11-15)26-22(13-23-24-26)16-5-3-2-4-6-16/h2-10,12-13,15,27H,11,14H2,1H3. The van der Waals surface area contributed by atoms with Crippen molar-refractivity contribution in [2.75, 3.05) is 0 Å². The maximum absolute atomic E-state index is 9.92. The molecule has 134 valence electrons. The Morgan fingerprint density at radius 1 is 1.15 bits per heavy atom. The van der Waals surface area contributed by atoms with E-state index in [2.05, 4.69) is 53.7 Å². The molecule has 0 saturated heterocycles. The molecule has 1 atom stereocenters. The van der Waals surface area contributed by atoms with Gasteiger partial charge in [0.15, 0.2) is 0 Å². The van der Waals surface area contributed by atoms with Crippen molar-refractivity contribution in [3.05, 3.63) is 72.1 Å². The fraction of sp³-hybridized carbons (Fsp3) is 0.182. The van der Waals surface area contributed by atoms with Crippen molar-refractivity contribution in [1.29, 1.82) is 0 Å². The molecule has 0 aliphatic heterocycles. The molecule has 5 rings (SSSR count). The fourth-order valence-corrected chi connectivity index (χ4v) is 3.99. The summed E-state index contributed by atoms with van der Waals surface area (Å²) < 4.78 is 3.88. The largest absolute Gasteiger partial charge is 0.376 e. The Hall–Kier alpha value is -3.18. The number of hydrogen-bond acceptors (Lipinski definition) is 3. The third kappa shape index (κ3) is 2.51. The molecule has 2 aromatic heterocycles. The molecule has 2 aromatic carbocycles. The van der Waals surface area contributed by atoms with Gasteiger partial charge in [0, 0.05) is 22.2 Å². The van der Waals surface area contributed by atoms with Gasteiger partial charge in [0.1, 0.15) is 6.73 Å². The van der Waals surface area contributed by atoms with Gasteiger partial charge in [-0.1, -0.05) is 54.6 Å². The number of allylic oxidation sites excluding steroid dienone is 1. The van der Waals surface area contributed by atoms with E-state index in [4.69, 9.17) is 0 Å². The summed E-state index contributed by atoms with van der Waals surface area (Å²) in [5.74, 6) is 0.478. The second kappa shape index (κ2) is 6.21. The topological polar surface area (TPSA) is 55.9 Å². The summed E-state index contributed by atoms with van der Waals surface area (Å²) >= 11 is 0. The minimum absolute atomic E-state index is 0.00959. The third-order valence-electron chi connectivity index (χ3n) is 5.31. The van der Waals surface area contributed by atoms with Gasteiger partial charge >= 0.3 is 0 Å². The number of fused-ring (bicyclic) bond motifs is 3. The number of rotatable bonds is 3. The smallest absolute Gasteiger partial charge is 0.119 e. The van der Waals surface area contributed by atoms with Gasteiger partial charge in [0.25, 0.3) is 0 Å². The van der Waals surface area contributed by atoms with Crippen LogP contribution < -0.4 is 0 Å². The first-order valence-corrected chi connectivity index (χ1v) is 9.17. The molecule has 4 aromatic rings. The fourth-order valence-electron chi connectivity index (χ4n) is 3.99. The van der Waals surface area contributed by atoms with Crippen molar-refractivity contribution in [3.8, 4) is 16.9 Å². The molecule has 1 unspecified atom stereocenters. The molecular weight excluding hydrogens is 336 g/mol. The quantitative estimate of drug-likeness (QED) is 0.603. The van der Waals surface area contributed by atoms with E-state index in [9.17, 15) is 5.11 Å². The Morgan fingerprint density at radius 3 is 2.81 bits per heavy atom. The monoisotopic (exact) mass is 356 g/mol. The number of aromatic nitrogens is 4. The van der Waals surface area contributed by atoms with E-state index in [1.807, 2.05) is 33.5 Å². The van der Waals surface area contributed by atoms with Gasteiger partial charge in [-0.05, 0) is 30.5 Å². The van der Waals surface area contributed by atoms with Crippen LogP contribution in [0, 0.1) is 5.92 Å². The zero-order valence-corrected chi connectivity index (χ0v) is 15.1. The lowest BCUT2D eigenvalue weighted by Crippen LogP contribution is -2.09. The van der Waals surface area contributed by atoms with E-state index in [1.165, 1.54) is 11.3 Å². The second-order valence-corrected chi connectivity index (χ2v) is 7.07. The first kappa shape index (κ1) is 16.0. The summed E-state index contributed by atoms with van der Waals surface area (Å²) in [4.78, 5) is 0. The highest BCUT2D eigenvalue weighted by atomic mass is 16.3. The predicted octanol–water partition coefficient (Wildman–Crippen LogP) is 4.04. The molecule has 0 spiro atoms. The van der Waals surface area contributed by atoms with Crippen LogP contribution in [0.2, 0.25) is 0 Å². The zero-order valence-electron chi connectivity index (χ0n) is 15.1. The van der Waals surface area contributed by atoms with Gasteiger partial charge in [0.05, 0.1) is 23.1 Å². The predicted molar refractivity (Wildman–Crippen MR) is 106 cm³/mol. The van der Waals surface area contributed by atoms with E-state index in [1.54, 1.807) is 6.20 Å². The highest BCUT2D eigenvalue weighted by Gasteiger charge is 2.20. The zero-order chi connectivity index (χ0) is 18.4. The van der Waals surface area contributed by atoms with E-state index in [0.29, 0.717) is 5.92 Å². The molecule has 2 heterocycles. The van der Waals surface area contributed by atoms with Gasteiger partial charge in [-0.3, -0.25) is 0 Å². The van der Waals surface area contributed by atoms with Crippen LogP contribution in [-0.2, 0) is 13.2 Å². The molecule has 1 aliphatic carbocycles. The van der Waals surface area contributed by atoms with E-state index in [0.717, 1.165) is 34.3 Å². The van der Waals surface area contributed by atoms with Crippen LogP contribution in [0.25, 0.3) is 33.9 Å². The van der Waals surface area contributed by atoms with Crippen LogP contribution in [0.15, 0.2) is 60.8 Å². The molecule has 0 amide bonds. The summed E-state index contributed by atoms with van der Waals surface area (Å²) in [7, 11) is 0. The van der Waals surface area contributed by atoms with Crippen LogP contribution in [0.5, 0.6) is 0 Å². The van der Waals surface area contributed by atoms with E-state index < -0.39 is 0 Å². The van der Waals surface area contributed by atoms with Gasteiger partial charge in [-0.2, -0.15) is 0 Å². The van der Waals surface area contributed by atoms with Crippen molar-refractivity contribution in [1.82, 2.24) is 19.6 Å². The second-order valence-electron chi connectivity index (χ2n) is 7.07. The normalized spacial score (nSPS) is 16.0. The molecule has 0 fully saturated rings. The number of nitrogens with zero attached hydrogens (tertiary/aromatic N) is 4. The lowest BCUT2D eigenvalue weighted by atomic mass is 9.95. The number of benzene rings is 2. The number of aliphatic hydroxyl groups excluding tert-OH is 1. The van der Waals surface area contributed by atoms with Crippen LogP contribution in [-0.4, -0.2) is 24.7 Å². The van der Waals surface area contributed by atoms with Crippen molar-refractivity contribution in [2.45, 2.75) is 20.1 Å². The highest BCUT2D eigenvalue weighted by Crippen LogP contribution is 2.34. The molecule has 5 nitrogen and oxygen atoms in total. The number of aliphatic hydroxyl groups is 1. The van der Waals surface area contributed by atoms with Crippen molar-refractivity contribution < 1.29 is 5.11 Å². The average molecular weight is 356 g/mol. The van der Waals surface area contributed by atoms with E-state index in [-0.39, 0.29) is 6.73 Å². The Kier molecular flexibility index (Phi) is 3.69. The summed E-state index contributed by atoms with van der Waals surface area (Å²) in [5, 5.41) is 19.5. The van der Waals surface area contributed by atoms with E-state index >= 15 is 0 Å². The maximum atomic E-state index is 9.92. The molecule has 27 heavy (non-hydrogen) atoms. The Labute approximate surface area is 157 Å². The minimum atomic E-state index is -0.00959. The molecule has 1 aliphatic rings. The van der Waals surface area contributed by atoms with Crippen LogP contribution >= 0.6 is 0 Å². The lowest BCUT2D eigenvalue weighted by Gasteiger charge is -2.15. The molecule has 0 bridgehead atoms. The first-order chi connectivity index (χ1) is 13.3. The van der Waals surface area contributed by atoms with Crippen molar-refractivity contribution in [3.63, 3.8) is 0 Å². The molecule has 5 heteroatoms. The van der Waals surface area contributed by atoms with Crippen LogP contribution in [0.4, 0.5) is 0 Å². The van der Waals surface area contributed by atoms with Crippen molar-refractivity contribution in [2.24, 2.45) is 5.92 Å². The molecule has 0 saturated carbocycles. The van der Waals surface area contributed by atoms with Gasteiger partial charge in [-0.15, -0.1) is 5.10 Å². The minimum Gasteiger partial charge on any atom is -0.376 e. The van der Waals surface area contributed by atoms with Crippen LogP contribution in [0.1, 0.15) is 18.2 Å².